The number of ketones is 10. The van der Waals surface area contributed by atoms with Gasteiger partial charge in [-0.25, -0.2) is 0 Å². The number of hydrogen-bond acceptors (Lipinski definition) is 20. The average Bonchev–Trinajstić information content (AvgIpc) is 0.763. The van der Waals surface area contributed by atoms with Crippen LogP contribution in [0.1, 0.15) is 363 Å². The smallest absolute Gasteiger partial charge is 0.233 e. The van der Waals surface area contributed by atoms with Crippen molar-refractivity contribution >= 4 is 57.8 Å². The van der Waals surface area contributed by atoms with Gasteiger partial charge >= 0.3 is 0 Å². The molecule has 10 atom stereocenters. The van der Waals surface area contributed by atoms with E-state index in [9.17, 15) is 73.5 Å². The van der Waals surface area contributed by atoms with Crippen molar-refractivity contribution in [3.05, 3.63) is 232 Å². The summed E-state index contributed by atoms with van der Waals surface area (Å²) in [7, 11) is 1.68. The van der Waals surface area contributed by atoms with Crippen LogP contribution in [0.3, 0.4) is 0 Å². The minimum atomic E-state index is -0.560. The number of aliphatic hydroxyl groups is 5. The van der Waals surface area contributed by atoms with E-state index in [0.29, 0.717) is 121 Å². The van der Waals surface area contributed by atoms with E-state index in [4.69, 9.17) is 0 Å². The van der Waals surface area contributed by atoms with Gasteiger partial charge in [-0.3, -0.25) is 47.9 Å². The van der Waals surface area contributed by atoms with Gasteiger partial charge in [0.25, 0.3) is 0 Å². The van der Waals surface area contributed by atoms with Gasteiger partial charge in [-0.1, -0.05) is 265 Å². The Morgan fingerprint density at radius 2 is 0.489 bits per heavy atom. The molecule has 0 saturated heterocycles. The minimum Gasteiger partial charge on any atom is -0.505 e. The largest absolute Gasteiger partial charge is 0.505 e. The summed E-state index contributed by atoms with van der Waals surface area (Å²) in [6.07, 6.45) is 41.3. The molecule has 10 rings (SSSR count). The van der Waals surface area contributed by atoms with E-state index < -0.39 is 57.8 Å². The van der Waals surface area contributed by atoms with Crippen LogP contribution >= 0.6 is 0 Å². The quantitative estimate of drug-likeness (QED) is 0.0117. The van der Waals surface area contributed by atoms with Gasteiger partial charge in [0.05, 0.1) is 56.4 Å². The van der Waals surface area contributed by atoms with Gasteiger partial charge in [-0.05, 0) is 253 Å². The summed E-state index contributed by atoms with van der Waals surface area (Å²) in [5.74, 6) is -6.08. The lowest BCUT2D eigenvalue weighted by Crippen LogP contribution is -2.37. The van der Waals surface area contributed by atoms with Gasteiger partial charge in [0.1, 0.15) is 28.8 Å². The molecule has 0 amide bonds. The molecule has 0 aromatic carbocycles. The molecule has 0 unspecified atom stereocenters. The molecular formula is C121H177N5O15. The molecular weight excluding hydrogens is 1760 g/mol. The van der Waals surface area contributed by atoms with Crippen molar-refractivity contribution < 1.29 is 73.5 Å². The number of carbonyl (C=O) groups is 10. The van der Waals surface area contributed by atoms with E-state index in [0.717, 1.165) is 220 Å². The molecule has 0 radical (unpaired) electrons. The van der Waals surface area contributed by atoms with Crippen molar-refractivity contribution in [1.29, 1.82) is 0 Å². The molecule has 10 N–H and O–H groups in total. The molecule has 0 spiro atoms. The van der Waals surface area contributed by atoms with Gasteiger partial charge in [-0.2, -0.15) is 0 Å². The zero-order valence-electron chi connectivity index (χ0n) is 90.2. The normalized spacial score (nSPS) is 23.2. The fraction of sp³-hybridized carbons (Fsp3) is 0.587. The third-order valence-corrected chi connectivity index (χ3v) is 29.5. The first kappa shape index (κ1) is 119. The molecule has 776 valence electrons. The Morgan fingerprint density at radius 3 is 0.695 bits per heavy atom. The Morgan fingerprint density at radius 1 is 0.291 bits per heavy atom. The lowest BCUT2D eigenvalue weighted by atomic mass is 9.70. The van der Waals surface area contributed by atoms with Gasteiger partial charge in [0.15, 0.2) is 0 Å². The van der Waals surface area contributed by atoms with E-state index in [1.54, 1.807) is 7.05 Å². The second-order valence-corrected chi connectivity index (χ2v) is 41.8. The van der Waals surface area contributed by atoms with Crippen LogP contribution in [0.15, 0.2) is 232 Å². The van der Waals surface area contributed by atoms with Crippen molar-refractivity contribution in [2.24, 2.45) is 65.1 Å². The fourth-order valence-electron chi connectivity index (χ4n) is 21.3. The van der Waals surface area contributed by atoms with Crippen LogP contribution in [0.2, 0.25) is 0 Å². The topological polar surface area (TPSA) is 332 Å². The lowest BCUT2D eigenvalue weighted by Gasteiger charge is -2.34. The van der Waals surface area contributed by atoms with Gasteiger partial charge in [-0.15, -0.1) is 0 Å². The summed E-state index contributed by atoms with van der Waals surface area (Å²) in [5.41, 5.74) is 16.5. The first-order chi connectivity index (χ1) is 67.0. The summed E-state index contributed by atoms with van der Waals surface area (Å²) in [6.45, 7) is 63.8. The number of aliphatic hydroxyl groups excluding tert-OH is 5. The highest BCUT2D eigenvalue weighted by molar-refractivity contribution is 6.53. The summed E-state index contributed by atoms with van der Waals surface area (Å²) >= 11 is 0. The molecule has 20 nitrogen and oxygen atoms in total. The highest BCUT2D eigenvalue weighted by Gasteiger charge is 2.48. The van der Waals surface area contributed by atoms with Crippen LogP contribution in [0, 0.1) is 65.1 Å². The molecule has 0 heterocycles. The van der Waals surface area contributed by atoms with Crippen molar-refractivity contribution in [3.8, 4) is 0 Å². The van der Waals surface area contributed by atoms with Crippen LogP contribution < -0.4 is 26.6 Å². The number of rotatable bonds is 45. The maximum absolute atomic E-state index is 13.2. The van der Waals surface area contributed by atoms with Gasteiger partial charge in [0, 0.05) is 90.7 Å². The molecule has 10 aliphatic carbocycles. The number of hydrogen-bond donors (Lipinski definition) is 10. The zero-order chi connectivity index (χ0) is 105. The SMILES string of the molecule is C=C(C)[C@@H]1CCC(C)=C[C@H]1C1=C(O)C(NC)=C(CCCCC)C(=O)C1=O.C=C(C)[C@@H]1CCC(C)=C[C@H]1C1=C(O)C(NCC(C)C)=C(CCCCC)C(=O)C1=O.C=C(C)[C@@H]1CCC(C)=C[C@H]1C1=C(O)C(NCC)=C(CCCCC)C(=O)C1=O.C=C(C)[C@@H]1CCC(C)=C[C@H]1C1=C(O)C(NCCCC)=C(CCCCC)C(=O)C1=O.C=C(C)[C@@H]1CCC(C)=C[C@H]1C1=C(O)C(NCCCCC)=C(CCCCC)C(=O)C1=O. The number of Topliss-reactive ketones (excluding diaryl/α,β-unsaturated/α-hetero) is 10. The maximum atomic E-state index is 13.2. The molecule has 0 fully saturated rings. The van der Waals surface area contributed by atoms with Crippen molar-refractivity contribution in [1.82, 2.24) is 26.6 Å². The van der Waals surface area contributed by atoms with E-state index in [1.807, 2.05) is 100 Å². The Kier molecular flexibility index (Phi) is 49.3. The van der Waals surface area contributed by atoms with Crippen LogP contribution in [0.5, 0.6) is 0 Å². The molecule has 141 heavy (non-hydrogen) atoms. The number of carbonyl (C=O) groups excluding carboxylic acids is 10. The first-order valence-corrected chi connectivity index (χ1v) is 53.6. The molecule has 20 heteroatoms. The van der Waals surface area contributed by atoms with E-state index in [2.05, 4.69) is 128 Å². The van der Waals surface area contributed by atoms with Crippen LogP contribution in [0.4, 0.5) is 0 Å². The molecule has 10 aliphatic rings. The summed E-state index contributed by atoms with van der Waals surface area (Å²) in [5, 5.41) is 71.6. The Balaban J connectivity index is 0.000000270. The summed E-state index contributed by atoms with van der Waals surface area (Å²) in [6, 6.07) is 0. The molecule has 0 aliphatic heterocycles. The lowest BCUT2D eigenvalue weighted by molar-refractivity contribution is -0.133. The molecule has 0 aromatic heterocycles. The summed E-state index contributed by atoms with van der Waals surface area (Å²) < 4.78 is 0. The Bertz CT molecular complexity index is 5190. The number of nitrogens with one attached hydrogen (secondary N) is 5. The standard InChI is InChI=1S/C26H39NO3.2C25H37NO3.C23H33NO3.C22H31NO3/c1-6-8-10-12-20-23(27-15-11-9-7-2)25(29)22(26(30)24(20)28)21-16-18(5)13-14-19(21)17(3)4;1-7-8-9-10-19-22(26-14-15(2)3)24(28)21(25(29)23(19)27)20-13-17(6)11-12-18(20)16(4)5;1-6-8-10-11-19-22(26-14-9-7-2)24(28)21(25(29)23(19)27)20-15-17(5)12-13-18(20)16(3)4;1-6-8-9-10-17-20(24-7-2)22(26)19(23(27)21(17)25)18-13-15(5)11-12-16(18)14(3)4;1-6-7-8-9-16-19(23-5)21(25)18(22(26)20(16)24)17-12-14(4)10-11-15(17)13(2)3/h16,19,21,27,29H,3,6-15H2,1-2,4-5H3;13,15,18,20,26,28H,4,7-12,14H2,1-3,5-6H3;15,18,20,26,28H,3,6-14H2,1-2,4-5H3;13,16,18,24,26H,3,6-12H2,1-2,4-5H3;12,15,17,23,25H,2,6-11H2,1,3-5H3/t19-,21+;2*18-,20+;16-,18+;15-,17+/m00000/s1. The molecule has 0 aromatic rings. The van der Waals surface area contributed by atoms with Gasteiger partial charge in [0.2, 0.25) is 57.8 Å². The maximum Gasteiger partial charge on any atom is 0.233 e. The highest BCUT2D eigenvalue weighted by atomic mass is 16.3. The fourth-order valence-corrected chi connectivity index (χ4v) is 21.3. The number of likely N-dealkylation sites (N-methyl/N-ethyl adjacent to an activating group) is 2. The Labute approximate surface area is 846 Å². The first-order valence-electron chi connectivity index (χ1n) is 53.6. The van der Waals surface area contributed by atoms with Crippen molar-refractivity contribution in [2.45, 2.75) is 363 Å². The monoisotopic (exact) mass is 1940 g/mol. The number of allylic oxidation sites excluding steroid dienone is 25. The minimum absolute atomic E-state index is 0.0233. The predicted molar refractivity (Wildman–Crippen MR) is 574 cm³/mol. The average molecular weight is 1940 g/mol. The van der Waals surface area contributed by atoms with E-state index >= 15 is 0 Å². The highest BCUT2D eigenvalue weighted by Crippen LogP contribution is 2.49. The van der Waals surface area contributed by atoms with Crippen molar-refractivity contribution in [2.75, 3.05) is 33.2 Å². The van der Waals surface area contributed by atoms with E-state index in [1.165, 1.54) is 27.9 Å². The van der Waals surface area contributed by atoms with E-state index in [-0.39, 0.29) is 116 Å². The second kappa shape index (κ2) is 58.3. The third kappa shape index (κ3) is 31.0. The Hall–Kier alpha value is -10.5. The number of unbranched alkanes of at least 4 members (excludes halogenated alkanes) is 13. The third-order valence-electron chi connectivity index (χ3n) is 29.5. The predicted octanol–water partition coefficient (Wildman–Crippen LogP) is 26.9. The second-order valence-electron chi connectivity index (χ2n) is 41.8. The van der Waals surface area contributed by atoms with Crippen LogP contribution in [-0.2, 0) is 47.9 Å². The zero-order valence-corrected chi connectivity index (χ0v) is 90.2. The van der Waals surface area contributed by atoms with Crippen molar-refractivity contribution in [3.63, 3.8) is 0 Å². The van der Waals surface area contributed by atoms with Crippen LogP contribution in [-0.4, -0.2) is 117 Å². The van der Waals surface area contributed by atoms with Crippen LogP contribution in [0.25, 0.3) is 0 Å². The molecule has 0 bridgehead atoms. The summed E-state index contributed by atoms with van der Waals surface area (Å²) in [4.78, 5) is 130. The molecule has 0 saturated carbocycles. The van der Waals surface area contributed by atoms with Gasteiger partial charge < -0.3 is 52.1 Å².